The Morgan fingerprint density at radius 2 is 1.79 bits per heavy atom. The van der Waals surface area contributed by atoms with Crippen molar-refractivity contribution in [1.82, 2.24) is 4.90 Å². The van der Waals surface area contributed by atoms with Gasteiger partial charge in [-0.2, -0.15) is 0 Å². The molecule has 0 bridgehead atoms. The highest BCUT2D eigenvalue weighted by atomic mass is 16.2. The summed E-state index contributed by atoms with van der Waals surface area (Å²) in [6, 6.07) is 8.44. The first kappa shape index (κ1) is 15.2. The average Bonchev–Trinajstić information content (AvgIpc) is 2.35. The molecule has 0 atom stereocenters. The molecule has 0 aromatic heterocycles. The number of carbonyl (C=O) groups excluding carboxylic acids is 2. The van der Waals surface area contributed by atoms with E-state index in [1.807, 2.05) is 0 Å². The molecule has 0 saturated carbocycles. The van der Waals surface area contributed by atoms with Gasteiger partial charge in [-0.15, -0.1) is 0 Å². The Bertz CT molecular complexity index is 426. The number of hydrogen-bond donors (Lipinski definition) is 1. The van der Waals surface area contributed by atoms with Crippen molar-refractivity contribution in [2.45, 2.75) is 32.6 Å². The summed E-state index contributed by atoms with van der Waals surface area (Å²) in [6.45, 7) is 2.06. The van der Waals surface area contributed by atoms with Crippen molar-refractivity contribution in [2.75, 3.05) is 13.6 Å². The molecule has 0 heterocycles. The van der Waals surface area contributed by atoms with E-state index >= 15 is 0 Å². The Balaban J connectivity index is 2.21. The van der Waals surface area contributed by atoms with E-state index in [4.69, 9.17) is 5.73 Å². The quantitative estimate of drug-likeness (QED) is 0.759. The molecule has 0 spiro atoms. The van der Waals surface area contributed by atoms with Crippen molar-refractivity contribution in [3.05, 3.63) is 35.4 Å². The molecule has 0 unspecified atom stereocenters. The Labute approximate surface area is 114 Å². The maximum atomic E-state index is 11.7. The van der Waals surface area contributed by atoms with Crippen LogP contribution in [0.15, 0.2) is 24.3 Å². The van der Waals surface area contributed by atoms with Crippen LogP contribution in [-0.4, -0.2) is 30.3 Å². The van der Waals surface area contributed by atoms with Gasteiger partial charge in [0.25, 0.3) is 0 Å². The number of amides is 2. The molecule has 19 heavy (non-hydrogen) atoms. The van der Waals surface area contributed by atoms with Crippen molar-refractivity contribution in [1.29, 1.82) is 0 Å². The number of unbranched alkanes of at least 4 members (excludes halogenated alkanes) is 1. The first-order chi connectivity index (χ1) is 8.99. The molecule has 4 heteroatoms. The topological polar surface area (TPSA) is 63.4 Å². The minimum absolute atomic E-state index is 0.00318. The first-order valence-electron chi connectivity index (χ1n) is 6.57. The van der Waals surface area contributed by atoms with Crippen LogP contribution in [0.2, 0.25) is 0 Å². The molecule has 2 amide bonds. The highest BCUT2D eigenvalue weighted by Gasteiger charge is 2.10. The largest absolute Gasteiger partial charge is 0.368 e. The van der Waals surface area contributed by atoms with Crippen LogP contribution >= 0.6 is 0 Å². The van der Waals surface area contributed by atoms with Gasteiger partial charge in [-0.1, -0.05) is 29.8 Å². The molecule has 0 radical (unpaired) electrons. The minimum atomic E-state index is -0.476. The molecule has 1 aromatic rings. The number of likely N-dealkylation sites (N-methyl/N-ethyl adjacent to an activating group) is 1. The smallest absolute Gasteiger partial charge is 0.237 e. The predicted molar refractivity (Wildman–Crippen MR) is 75.6 cm³/mol. The maximum absolute atomic E-state index is 11.7. The van der Waals surface area contributed by atoms with Gasteiger partial charge in [-0.25, -0.2) is 0 Å². The zero-order valence-corrected chi connectivity index (χ0v) is 11.7. The fraction of sp³-hybridized carbons (Fsp3) is 0.467. The third-order valence-corrected chi connectivity index (χ3v) is 3.05. The van der Waals surface area contributed by atoms with Gasteiger partial charge in [0.2, 0.25) is 11.8 Å². The third-order valence-electron chi connectivity index (χ3n) is 3.05. The van der Waals surface area contributed by atoms with E-state index < -0.39 is 5.91 Å². The summed E-state index contributed by atoms with van der Waals surface area (Å²) >= 11 is 0. The van der Waals surface area contributed by atoms with Crippen LogP contribution in [0.1, 0.15) is 30.4 Å². The molecule has 1 rings (SSSR count). The van der Waals surface area contributed by atoms with Crippen LogP contribution in [0.3, 0.4) is 0 Å². The normalized spacial score (nSPS) is 10.2. The lowest BCUT2D eigenvalue weighted by atomic mass is 10.1. The van der Waals surface area contributed by atoms with Crippen LogP contribution in [0.4, 0.5) is 0 Å². The zero-order chi connectivity index (χ0) is 14.3. The highest BCUT2D eigenvalue weighted by Crippen LogP contribution is 2.09. The Kier molecular flexibility index (Phi) is 6.06. The lowest BCUT2D eigenvalue weighted by Gasteiger charge is -2.14. The second-order valence-corrected chi connectivity index (χ2v) is 4.91. The molecule has 0 aliphatic rings. The van der Waals surface area contributed by atoms with Crippen molar-refractivity contribution in [3.8, 4) is 0 Å². The van der Waals surface area contributed by atoms with Crippen molar-refractivity contribution < 1.29 is 9.59 Å². The van der Waals surface area contributed by atoms with Crippen LogP contribution < -0.4 is 5.73 Å². The molecule has 2 N–H and O–H groups in total. The van der Waals surface area contributed by atoms with Gasteiger partial charge in [0.1, 0.15) is 0 Å². The fourth-order valence-corrected chi connectivity index (χ4v) is 1.87. The summed E-state index contributed by atoms with van der Waals surface area (Å²) < 4.78 is 0. The van der Waals surface area contributed by atoms with Gasteiger partial charge < -0.3 is 10.6 Å². The predicted octanol–water partition coefficient (Wildman–Crippen LogP) is 1.65. The monoisotopic (exact) mass is 262 g/mol. The molecule has 0 fully saturated rings. The number of hydrogen-bond acceptors (Lipinski definition) is 2. The van der Waals surface area contributed by atoms with Crippen molar-refractivity contribution >= 4 is 11.8 Å². The van der Waals surface area contributed by atoms with Crippen LogP contribution in [0.25, 0.3) is 0 Å². The molecule has 0 saturated heterocycles. The van der Waals surface area contributed by atoms with Crippen molar-refractivity contribution in [3.63, 3.8) is 0 Å². The second-order valence-electron chi connectivity index (χ2n) is 4.91. The molecule has 0 aliphatic carbocycles. The number of aryl methyl sites for hydroxylation is 2. The van der Waals surface area contributed by atoms with Gasteiger partial charge >= 0.3 is 0 Å². The lowest BCUT2D eigenvalue weighted by Crippen LogP contribution is -2.35. The number of carbonyl (C=O) groups is 2. The number of nitrogens with two attached hydrogens (primary N) is 1. The summed E-state index contributed by atoms with van der Waals surface area (Å²) in [5.74, 6) is -0.502. The standard InChI is InChI=1S/C15H22N2O2/c1-12-7-9-13(10-8-12)5-3-4-6-15(19)17(2)11-14(16)18/h7-10H,3-6,11H2,1-2H3,(H2,16,18). The summed E-state index contributed by atoms with van der Waals surface area (Å²) in [5, 5.41) is 0. The summed E-state index contributed by atoms with van der Waals surface area (Å²) in [7, 11) is 1.60. The summed E-state index contributed by atoms with van der Waals surface area (Å²) in [5.41, 5.74) is 7.59. The molecule has 104 valence electrons. The zero-order valence-electron chi connectivity index (χ0n) is 11.7. The fourth-order valence-electron chi connectivity index (χ4n) is 1.87. The Hall–Kier alpha value is -1.84. The summed E-state index contributed by atoms with van der Waals surface area (Å²) in [6.07, 6.45) is 3.25. The third kappa shape index (κ3) is 6.04. The maximum Gasteiger partial charge on any atom is 0.237 e. The van der Waals surface area contributed by atoms with E-state index in [9.17, 15) is 9.59 Å². The highest BCUT2D eigenvalue weighted by molar-refractivity contribution is 5.83. The molecule has 1 aromatic carbocycles. The average molecular weight is 262 g/mol. The lowest BCUT2D eigenvalue weighted by molar-refractivity contribution is -0.133. The van der Waals surface area contributed by atoms with Crippen LogP contribution in [0, 0.1) is 6.92 Å². The van der Waals surface area contributed by atoms with Crippen molar-refractivity contribution in [2.24, 2.45) is 5.73 Å². The van der Waals surface area contributed by atoms with Crippen LogP contribution in [-0.2, 0) is 16.0 Å². The minimum Gasteiger partial charge on any atom is -0.368 e. The second kappa shape index (κ2) is 7.56. The van der Waals surface area contributed by atoms with E-state index in [1.54, 1.807) is 7.05 Å². The Morgan fingerprint density at radius 1 is 1.16 bits per heavy atom. The van der Waals surface area contributed by atoms with E-state index in [0.717, 1.165) is 19.3 Å². The van der Waals surface area contributed by atoms with Gasteiger partial charge in [0.05, 0.1) is 6.54 Å². The molecule has 0 aliphatic heterocycles. The van der Waals surface area contributed by atoms with Gasteiger partial charge in [-0.3, -0.25) is 9.59 Å². The number of rotatable bonds is 7. The summed E-state index contributed by atoms with van der Waals surface area (Å²) in [4.78, 5) is 23.7. The van der Waals surface area contributed by atoms with Gasteiger partial charge in [0, 0.05) is 13.5 Å². The number of primary amides is 1. The van der Waals surface area contributed by atoms with E-state index in [0.29, 0.717) is 6.42 Å². The van der Waals surface area contributed by atoms with E-state index in [-0.39, 0.29) is 12.5 Å². The molecule has 4 nitrogen and oxygen atoms in total. The number of benzene rings is 1. The first-order valence-corrected chi connectivity index (χ1v) is 6.57. The molecular formula is C15H22N2O2. The van der Waals surface area contributed by atoms with E-state index in [1.165, 1.54) is 16.0 Å². The SMILES string of the molecule is Cc1ccc(CCCCC(=O)N(C)CC(N)=O)cc1. The van der Waals surface area contributed by atoms with Gasteiger partial charge in [-0.05, 0) is 31.7 Å². The number of nitrogens with zero attached hydrogens (tertiary/aromatic N) is 1. The van der Waals surface area contributed by atoms with Gasteiger partial charge in [0.15, 0.2) is 0 Å². The van der Waals surface area contributed by atoms with Crippen LogP contribution in [0.5, 0.6) is 0 Å². The Morgan fingerprint density at radius 3 is 2.37 bits per heavy atom. The molecular weight excluding hydrogens is 240 g/mol. The van der Waals surface area contributed by atoms with E-state index in [2.05, 4.69) is 31.2 Å².